The van der Waals surface area contributed by atoms with E-state index >= 15 is 0 Å². The second-order valence-corrected chi connectivity index (χ2v) is 7.98. The van der Waals surface area contributed by atoms with Crippen LogP contribution in [0.2, 0.25) is 0 Å². The van der Waals surface area contributed by atoms with Crippen LogP contribution in [0.5, 0.6) is 0 Å². The number of halogens is 1. The third-order valence-corrected chi connectivity index (χ3v) is 6.76. The van der Waals surface area contributed by atoms with Crippen LogP contribution in [0, 0.1) is 0 Å². The van der Waals surface area contributed by atoms with Crippen LogP contribution in [-0.4, -0.2) is 51.5 Å². The second-order valence-electron chi connectivity index (χ2n) is 5.20. The van der Waals surface area contributed by atoms with E-state index < -0.39 is 16.0 Å². The van der Waals surface area contributed by atoms with E-state index in [1.165, 1.54) is 13.2 Å². The Kier molecular flexibility index (Phi) is 7.96. The minimum atomic E-state index is -3.69. The summed E-state index contributed by atoms with van der Waals surface area (Å²) in [6, 6.07) is 1.48. The van der Waals surface area contributed by atoms with Crippen LogP contribution < -0.4 is 5.32 Å². The summed E-state index contributed by atoms with van der Waals surface area (Å²) in [4.78, 5) is 12.0. The van der Waals surface area contributed by atoms with Gasteiger partial charge in [-0.1, -0.05) is 6.92 Å². The SMILES string of the molecule is CCCN(C1CCNCC1)S(=O)(=O)c1ccsc1C(=O)OC.Cl. The lowest BCUT2D eigenvalue weighted by Crippen LogP contribution is -2.46. The Morgan fingerprint density at radius 1 is 1.43 bits per heavy atom. The number of carbonyl (C=O) groups excluding carboxylic acids is 1. The van der Waals surface area contributed by atoms with Gasteiger partial charge in [-0.25, -0.2) is 13.2 Å². The average molecular weight is 383 g/mol. The molecule has 2 rings (SSSR count). The molecule has 6 nitrogen and oxygen atoms in total. The monoisotopic (exact) mass is 382 g/mol. The molecule has 1 aromatic rings. The number of nitrogens with one attached hydrogen (secondary N) is 1. The van der Waals surface area contributed by atoms with E-state index in [1.807, 2.05) is 6.92 Å². The molecular weight excluding hydrogens is 360 g/mol. The van der Waals surface area contributed by atoms with Crippen molar-refractivity contribution in [1.82, 2.24) is 9.62 Å². The Bertz CT molecular complexity index is 612. The molecule has 0 aliphatic carbocycles. The molecule has 0 atom stereocenters. The smallest absolute Gasteiger partial charge is 0.349 e. The quantitative estimate of drug-likeness (QED) is 0.762. The predicted molar refractivity (Wildman–Crippen MR) is 93.0 cm³/mol. The number of rotatable bonds is 6. The molecule has 23 heavy (non-hydrogen) atoms. The summed E-state index contributed by atoms with van der Waals surface area (Å²) in [5, 5.41) is 4.86. The minimum Gasteiger partial charge on any atom is -0.465 e. The molecule has 1 N–H and O–H groups in total. The third kappa shape index (κ3) is 4.45. The van der Waals surface area contributed by atoms with Crippen molar-refractivity contribution in [3.8, 4) is 0 Å². The molecule has 1 aromatic heterocycles. The fraction of sp³-hybridized carbons (Fsp3) is 0.643. The maximum absolute atomic E-state index is 13.0. The highest BCUT2D eigenvalue weighted by Crippen LogP contribution is 2.29. The van der Waals surface area contributed by atoms with Crippen LogP contribution >= 0.6 is 23.7 Å². The first-order valence-electron chi connectivity index (χ1n) is 7.40. The molecular formula is C14H23ClN2O4S2. The van der Waals surface area contributed by atoms with Gasteiger partial charge >= 0.3 is 5.97 Å². The van der Waals surface area contributed by atoms with Crippen LogP contribution in [0.1, 0.15) is 35.9 Å². The Morgan fingerprint density at radius 3 is 2.65 bits per heavy atom. The van der Waals surface area contributed by atoms with Gasteiger partial charge in [0, 0.05) is 12.6 Å². The Labute approximate surface area is 147 Å². The molecule has 0 amide bonds. The van der Waals surface area contributed by atoms with Crippen LogP contribution in [0.15, 0.2) is 16.3 Å². The zero-order valence-corrected chi connectivity index (χ0v) is 15.7. The Morgan fingerprint density at radius 2 is 2.09 bits per heavy atom. The fourth-order valence-corrected chi connectivity index (χ4v) is 5.77. The van der Waals surface area contributed by atoms with Gasteiger partial charge in [-0.15, -0.1) is 23.7 Å². The standard InChI is InChI=1S/C14H22N2O4S2.ClH/c1-3-9-16(11-4-7-15-8-5-11)22(18,19)12-6-10-21-13(12)14(17)20-2;/h6,10-11,15H,3-5,7-9H2,1-2H3;1H. The van der Waals surface area contributed by atoms with Gasteiger partial charge < -0.3 is 10.1 Å². The first-order chi connectivity index (χ1) is 10.5. The van der Waals surface area contributed by atoms with Crippen LogP contribution in [0.3, 0.4) is 0 Å². The maximum atomic E-state index is 13.0. The van der Waals surface area contributed by atoms with Gasteiger partial charge in [0.05, 0.1) is 7.11 Å². The molecule has 9 heteroatoms. The van der Waals surface area contributed by atoms with E-state index in [0.29, 0.717) is 6.54 Å². The van der Waals surface area contributed by atoms with Gasteiger partial charge in [-0.05, 0) is 43.8 Å². The summed E-state index contributed by atoms with van der Waals surface area (Å²) in [6.45, 7) is 4.05. The predicted octanol–water partition coefficient (Wildman–Crippen LogP) is 2.11. The van der Waals surface area contributed by atoms with Gasteiger partial charge in [0.15, 0.2) is 0 Å². The molecule has 132 valence electrons. The number of thiophene rings is 1. The summed E-state index contributed by atoms with van der Waals surface area (Å²) in [5.41, 5.74) is 0. The summed E-state index contributed by atoms with van der Waals surface area (Å²) in [5.74, 6) is -0.602. The van der Waals surface area contributed by atoms with Crippen molar-refractivity contribution in [3.63, 3.8) is 0 Å². The lowest BCUT2D eigenvalue weighted by atomic mass is 10.1. The van der Waals surface area contributed by atoms with E-state index in [1.54, 1.807) is 9.69 Å². The van der Waals surface area contributed by atoms with E-state index in [-0.39, 0.29) is 28.2 Å². The molecule has 0 aromatic carbocycles. The molecule has 0 unspecified atom stereocenters. The first kappa shape index (κ1) is 20.4. The highest BCUT2D eigenvalue weighted by Gasteiger charge is 2.35. The van der Waals surface area contributed by atoms with Gasteiger partial charge in [0.1, 0.15) is 9.77 Å². The number of piperidine rings is 1. The first-order valence-corrected chi connectivity index (χ1v) is 9.72. The number of methoxy groups -OCH3 is 1. The van der Waals surface area contributed by atoms with Crippen molar-refractivity contribution in [2.24, 2.45) is 0 Å². The lowest BCUT2D eigenvalue weighted by molar-refractivity contribution is 0.0602. The largest absolute Gasteiger partial charge is 0.465 e. The molecule has 1 aliphatic rings. The zero-order valence-electron chi connectivity index (χ0n) is 13.3. The van der Waals surface area contributed by atoms with Crippen molar-refractivity contribution in [3.05, 3.63) is 16.3 Å². The fourth-order valence-electron chi connectivity index (χ4n) is 2.68. The number of esters is 1. The number of ether oxygens (including phenoxy) is 1. The number of nitrogens with zero attached hydrogens (tertiary/aromatic N) is 1. The zero-order chi connectivity index (χ0) is 16.2. The van der Waals surface area contributed by atoms with E-state index in [4.69, 9.17) is 4.74 Å². The lowest BCUT2D eigenvalue weighted by Gasteiger charge is -2.33. The number of hydrogen-bond donors (Lipinski definition) is 1. The van der Waals surface area contributed by atoms with Crippen molar-refractivity contribution in [2.75, 3.05) is 26.7 Å². The van der Waals surface area contributed by atoms with Gasteiger partial charge in [0.2, 0.25) is 10.0 Å². The molecule has 1 aliphatic heterocycles. The molecule has 1 saturated heterocycles. The normalized spacial score (nSPS) is 16.1. The molecule has 0 saturated carbocycles. The van der Waals surface area contributed by atoms with Gasteiger partial charge in [0.25, 0.3) is 0 Å². The van der Waals surface area contributed by atoms with Crippen molar-refractivity contribution >= 4 is 39.7 Å². The summed E-state index contributed by atoms with van der Waals surface area (Å²) in [6.07, 6.45) is 2.31. The molecule has 1 fully saturated rings. The van der Waals surface area contributed by atoms with E-state index in [9.17, 15) is 13.2 Å². The van der Waals surface area contributed by atoms with Crippen molar-refractivity contribution in [1.29, 1.82) is 0 Å². The molecule has 0 bridgehead atoms. The summed E-state index contributed by atoms with van der Waals surface area (Å²) < 4.78 is 32.3. The van der Waals surface area contributed by atoms with E-state index in [2.05, 4.69) is 5.32 Å². The number of hydrogen-bond acceptors (Lipinski definition) is 6. The average Bonchev–Trinajstić information content (AvgIpc) is 3.03. The van der Waals surface area contributed by atoms with Crippen LogP contribution in [0.4, 0.5) is 0 Å². The Balaban J connectivity index is 0.00000264. The van der Waals surface area contributed by atoms with Gasteiger partial charge in [-0.3, -0.25) is 0 Å². The topological polar surface area (TPSA) is 75.7 Å². The number of carbonyl (C=O) groups is 1. The van der Waals surface area contributed by atoms with Crippen LogP contribution in [0.25, 0.3) is 0 Å². The van der Waals surface area contributed by atoms with Crippen molar-refractivity contribution in [2.45, 2.75) is 37.1 Å². The van der Waals surface area contributed by atoms with Crippen LogP contribution in [-0.2, 0) is 14.8 Å². The highest BCUT2D eigenvalue weighted by atomic mass is 35.5. The van der Waals surface area contributed by atoms with Crippen molar-refractivity contribution < 1.29 is 17.9 Å². The maximum Gasteiger partial charge on any atom is 0.349 e. The highest BCUT2D eigenvalue weighted by molar-refractivity contribution is 7.89. The summed E-state index contributed by atoms with van der Waals surface area (Å²) >= 11 is 1.10. The Hall–Kier alpha value is -0.670. The third-order valence-electron chi connectivity index (χ3n) is 3.75. The molecule has 0 radical (unpaired) electrons. The molecule has 0 spiro atoms. The van der Waals surface area contributed by atoms with E-state index in [0.717, 1.165) is 43.7 Å². The van der Waals surface area contributed by atoms with Gasteiger partial charge in [-0.2, -0.15) is 4.31 Å². The second kappa shape index (κ2) is 8.98. The molecule has 2 heterocycles. The number of sulfonamides is 1. The summed E-state index contributed by atoms with van der Waals surface area (Å²) in [7, 11) is -2.43. The minimum absolute atomic E-state index is 0.